The van der Waals surface area contributed by atoms with Gasteiger partial charge in [-0.15, -0.1) is 0 Å². The molecular weight excluding hydrogens is 429 g/mol. The fourth-order valence-corrected chi connectivity index (χ4v) is 3.44. The molecule has 3 aromatic rings. The van der Waals surface area contributed by atoms with E-state index in [0.29, 0.717) is 22.9 Å². The number of benzene rings is 2. The van der Waals surface area contributed by atoms with Gasteiger partial charge in [0.2, 0.25) is 0 Å². The molecule has 0 atom stereocenters. The highest BCUT2D eigenvalue weighted by Crippen LogP contribution is 2.34. The summed E-state index contributed by atoms with van der Waals surface area (Å²) in [7, 11) is 3.20. The molecule has 0 bridgehead atoms. The second-order valence-corrected chi connectivity index (χ2v) is 6.68. The first-order valence-corrected chi connectivity index (χ1v) is 8.63. The van der Waals surface area contributed by atoms with Gasteiger partial charge in [-0.25, -0.2) is 4.98 Å². The Kier molecular flexibility index (Phi) is 4.95. The van der Waals surface area contributed by atoms with Crippen LogP contribution in [-0.2, 0) is 0 Å². The van der Waals surface area contributed by atoms with Crippen molar-refractivity contribution in [3.05, 3.63) is 50.9 Å². The highest BCUT2D eigenvalue weighted by molar-refractivity contribution is 14.1. The summed E-state index contributed by atoms with van der Waals surface area (Å²) in [4.78, 5) is 7.73. The number of halogens is 1. The Morgan fingerprint density at radius 1 is 1.24 bits per heavy atom. The summed E-state index contributed by atoms with van der Waals surface area (Å²) in [5.74, 6) is 1.85. The zero-order valence-electron chi connectivity index (χ0n) is 14.1. The van der Waals surface area contributed by atoms with E-state index in [2.05, 4.69) is 38.6 Å². The Morgan fingerprint density at radius 2 is 2.04 bits per heavy atom. The van der Waals surface area contributed by atoms with Gasteiger partial charge in [0.1, 0.15) is 11.9 Å². The number of rotatable bonds is 4. The summed E-state index contributed by atoms with van der Waals surface area (Å²) >= 11 is 2.18. The van der Waals surface area contributed by atoms with Crippen LogP contribution in [-0.4, -0.2) is 24.2 Å². The van der Waals surface area contributed by atoms with E-state index in [9.17, 15) is 5.26 Å². The van der Waals surface area contributed by atoms with E-state index in [4.69, 9.17) is 9.47 Å². The Balaban J connectivity index is 2.08. The molecule has 0 saturated heterocycles. The number of H-pyrrole nitrogens is 1. The minimum Gasteiger partial charge on any atom is -0.493 e. The number of nitrogens with one attached hydrogen (secondary N) is 1. The predicted molar refractivity (Wildman–Crippen MR) is 107 cm³/mol. The van der Waals surface area contributed by atoms with Crippen LogP contribution in [0.2, 0.25) is 0 Å². The normalized spacial score (nSPS) is 11.4. The number of imidazole rings is 1. The number of allylic oxidation sites excluding steroid dienone is 1. The summed E-state index contributed by atoms with van der Waals surface area (Å²) in [5, 5.41) is 9.58. The lowest BCUT2D eigenvalue weighted by Crippen LogP contribution is -1.94. The van der Waals surface area contributed by atoms with Crippen LogP contribution < -0.4 is 9.47 Å². The molecule has 1 heterocycles. The van der Waals surface area contributed by atoms with Crippen molar-refractivity contribution < 1.29 is 9.47 Å². The largest absolute Gasteiger partial charge is 0.493 e. The second-order valence-electron chi connectivity index (χ2n) is 5.51. The van der Waals surface area contributed by atoms with Crippen molar-refractivity contribution in [3.8, 4) is 17.6 Å². The molecule has 0 radical (unpaired) electrons. The van der Waals surface area contributed by atoms with E-state index in [1.165, 1.54) is 0 Å². The SMILES string of the molecule is COc1cc(C=C(C#N)c2nc3ccc(C)cc3[nH]2)cc(I)c1OC. The Morgan fingerprint density at radius 3 is 2.72 bits per heavy atom. The maximum Gasteiger partial charge on any atom is 0.174 e. The van der Waals surface area contributed by atoms with Gasteiger partial charge in [-0.2, -0.15) is 5.26 Å². The Hall–Kier alpha value is -2.53. The number of fused-ring (bicyclic) bond motifs is 1. The molecule has 2 aromatic carbocycles. The summed E-state index contributed by atoms with van der Waals surface area (Å²) in [6, 6.07) is 12.0. The van der Waals surface area contributed by atoms with Crippen molar-refractivity contribution in [3.63, 3.8) is 0 Å². The molecule has 126 valence electrons. The molecule has 0 spiro atoms. The fourth-order valence-electron chi connectivity index (χ4n) is 2.59. The van der Waals surface area contributed by atoms with E-state index in [-0.39, 0.29) is 0 Å². The molecule has 1 aromatic heterocycles. The molecule has 3 rings (SSSR count). The molecule has 0 amide bonds. The molecule has 25 heavy (non-hydrogen) atoms. The number of hydrogen-bond acceptors (Lipinski definition) is 4. The van der Waals surface area contributed by atoms with Gasteiger partial charge in [0.05, 0.1) is 34.4 Å². The molecule has 0 unspecified atom stereocenters. The van der Waals surface area contributed by atoms with E-state index in [1.807, 2.05) is 37.3 Å². The second kappa shape index (κ2) is 7.15. The van der Waals surface area contributed by atoms with Crippen LogP contribution in [0.1, 0.15) is 17.0 Å². The number of hydrogen-bond donors (Lipinski definition) is 1. The highest BCUT2D eigenvalue weighted by atomic mass is 127. The maximum absolute atomic E-state index is 9.58. The van der Waals surface area contributed by atoms with Crippen LogP contribution in [0.25, 0.3) is 22.7 Å². The number of nitriles is 1. The molecule has 1 N–H and O–H groups in total. The number of aromatic amines is 1. The molecule has 5 nitrogen and oxygen atoms in total. The van der Waals surface area contributed by atoms with Crippen molar-refractivity contribution in [1.29, 1.82) is 5.26 Å². The van der Waals surface area contributed by atoms with Gasteiger partial charge in [-0.1, -0.05) is 6.07 Å². The first-order chi connectivity index (χ1) is 12.0. The molecular formula is C19H16IN3O2. The maximum atomic E-state index is 9.58. The number of ether oxygens (including phenoxy) is 2. The zero-order valence-corrected chi connectivity index (χ0v) is 16.2. The summed E-state index contributed by atoms with van der Waals surface area (Å²) < 4.78 is 11.6. The number of aromatic nitrogens is 2. The molecule has 0 aliphatic heterocycles. The van der Waals surface area contributed by atoms with Crippen LogP contribution in [0.5, 0.6) is 11.5 Å². The number of aryl methyl sites for hydroxylation is 1. The molecule has 6 heteroatoms. The van der Waals surface area contributed by atoms with Gasteiger partial charge >= 0.3 is 0 Å². The smallest absolute Gasteiger partial charge is 0.174 e. The minimum absolute atomic E-state index is 0.455. The van der Waals surface area contributed by atoms with Crippen molar-refractivity contribution in [2.75, 3.05) is 14.2 Å². The lowest BCUT2D eigenvalue weighted by molar-refractivity contribution is 0.353. The molecule has 0 aliphatic carbocycles. The first-order valence-electron chi connectivity index (χ1n) is 7.55. The van der Waals surface area contributed by atoms with Crippen molar-refractivity contribution in [1.82, 2.24) is 9.97 Å². The average Bonchev–Trinajstić information content (AvgIpc) is 3.01. The summed E-state index contributed by atoms with van der Waals surface area (Å²) in [5.41, 5.74) is 4.19. The average molecular weight is 445 g/mol. The third kappa shape index (κ3) is 3.46. The summed E-state index contributed by atoms with van der Waals surface area (Å²) in [6.07, 6.45) is 1.79. The van der Waals surface area contributed by atoms with Crippen LogP contribution >= 0.6 is 22.6 Å². The topological polar surface area (TPSA) is 70.9 Å². The quantitative estimate of drug-likeness (QED) is 0.472. The fraction of sp³-hybridized carbons (Fsp3) is 0.158. The third-order valence-electron chi connectivity index (χ3n) is 3.78. The molecule has 0 aliphatic rings. The van der Waals surface area contributed by atoms with E-state index in [1.54, 1.807) is 20.3 Å². The Labute approximate surface area is 159 Å². The monoisotopic (exact) mass is 445 g/mol. The lowest BCUT2D eigenvalue weighted by atomic mass is 10.1. The van der Waals surface area contributed by atoms with E-state index >= 15 is 0 Å². The highest BCUT2D eigenvalue weighted by Gasteiger charge is 2.12. The van der Waals surface area contributed by atoms with Crippen LogP contribution in [0.3, 0.4) is 0 Å². The predicted octanol–water partition coefficient (Wildman–Crippen LogP) is 4.56. The zero-order chi connectivity index (χ0) is 18.0. The lowest BCUT2D eigenvalue weighted by Gasteiger charge is -2.10. The summed E-state index contributed by atoms with van der Waals surface area (Å²) in [6.45, 7) is 2.02. The molecule has 0 saturated carbocycles. The van der Waals surface area contributed by atoms with Gasteiger partial charge in [0.25, 0.3) is 0 Å². The van der Waals surface area contributed by atoms with Gasteiger partial charge in [-0.3, -0.25) is 0 Å². The standard InChI is InChI=1S/C19H16IN3O2/c1-11-4-5-15-16(6-11)23-19(22-15)13(10-21)7-12-8-14(20)18(25-3)17(9-12)24-2/h4-9H,1-3H3,(H,22,23). The Bertz CT molecular complexity index is 1020. The number of methoxy groups -OCH3 is 2. The van der Waals surface area contributed by atoms with Crippen molar-refractivity contribution in [2.45, 2.75) is 6.92 Å². The first kappa shape index (κ1) is 17.3. The van der Waals surface area contributed by atoms with Crippen LogP contribution in [0, 0.1) is 21.8 Å². The minimum atomic E-state index is 0.455. The van der Waals surface area contributed by atoms with E-state index in [0.717, 1.165) is 25.7 Å². The van der Waals surface area contributed by atoms with Gasteiger partial charge in [0.15, 0.2) is 11.5 Å². The number of nitrogens with zero attached hydrogens (tertiary/aromatic N) is 2. The van der Waals surface area contributed by atoms with Gasteiger partial charge in [-0.05, 0) is 71.0 Å². The van der Waals surface area contributed by atoms with Crippen LogP contribution in [0.15, 0.2) is 30.3 Å². The van der Waals surface area contributed by atoms with Crippen LogP contribution in [0.4, 0.5) is 0 Å². The van der Waals surface area contributed by atoms with E-state index < -0.39 is 0 Å². The van der Waals surface area contributed by atoms with Gasteiger partial charge < -0.3 is 14.5 Å². The third-order valence-corrected chi connectivity index (χ3v) is 4.58. The molecule has 0 fully saturated rings. The van der Waals surface area contributed by atoms with Crippen molar-refractivity contribution >= 4 is 45.3 Å². The van der Waals surface area contributed by atoms with Crippen molar-refractivity contribution in [2.24, 2.45) is 0 Å². The van der Waals surface area contributed by atoms with Gasteiger partial charge in [0, 0.05) is 0 Å².